The number of fused-ring (bicyclic) bond motifs is 1. The van der Waals surface area contributed by atoms with Crippen LogP contribution in [-0.2, 0) is 11.3 Å². The van der Waals surface area contributed by atoms with Gasteiger partial charge in [-0.25, -0.2) is 9.97 Å². The lowest BCUT2D eigenvalue weighted by Gasteiger charge is -2.32. The minimum absolute atomic E-state index is 0.151. The molecule has 1 saturated heterocycles. The van der Waals surface area contributed by atoms with Crippen LogP contribution in [0.5, 0.6) is 10.9 Å². The van der Waals surface area contributed by atoms with Gasteiger partial charge in [-0.2, -0.15) is 0 Å². The first-order valence-electron chi connectivity index (χ1n) is 9.69. The molecule has 146 valence electrons. The summed E-state index contributed by atoms with van der Waals surface area (Å²) in [5.41, 5.74) is 2.12. The maximum absolute atomic E-state index is 11.5. The Kier molecular flexibility index (Phi) is 5.83. The molecule has 0 radical (unpaired) electrons. The summed E-state index contributed by atoms with van der Waals surface area (Å²) in [5, 5.41) is 3.71. The first kappa shape index (κ1) is 18.8. The molecule has 6 nitrogen and oxygen atoms in total. The first-order chi connectivity index (χ1) is 13.7. The van der Waals surface area contributed by atoms with Gasteiger partial charge in [-0.05, 0) is 42.7 Å². The van der Waals surface area contributed by atoms with Gasteiger partial charge in [0.15, 0.2) is 0 Å². The molecule has 0 saturated carbocycles. The van der Waals surface area contributed by atoms with E-state index >= 15 is 0 Å². The molecule has 0 spiro atoms. The van der Waals surface area contributed by atoms with Crippen LogP contribution in [0.2, 0.25) is 0 Å². The maximum atomic E-state index is 11.5. The van der Waals surface area contributed by atoms with Gasteiger partial charge in [-0.15, -0.1) is 0 Å². The van der Waals surface area contributed by atoms with E-state index in [0.29, 0.717) is 17.7 Å². The van der Waals surface area contributed by atoms with Crippen LogP contribution in [0.15, 0.2) is 42.6 Å². The van der Waals surface area contributed by atoms with Crippen LogP contribution in [0, 0.1) is 0 Å². The number of amides is 1. The fraction of sp³-hybridized carbons (Fsp3) is 0.381. The Morgan fingerprint density at radius 1 is 1.25 bits per heavy atom. The van der Waals surface area contributed by atoms with Crippen molar-refractivity contribution in [1.82, 2.24) is 20.2 Å². The van der Waals surface area contributed by atoms with E-state index in [-0.39, 0.29) is 5.91 Å². The summed E-state index contributed by atoms with van der Waals surface area (Å²) in [5.74, 6) is 0.932. The molecule has 1 aliphatic rings. The average Bonchev–Trinajstić information content (AvgIpc) is 3.13. The minimum Gasteiger partial charge on any atom is -0.431 e. The summed E-state index contributed by atoms with van der Waals surface area (Å²) >= 11 is 1.45. The van der Waals surface area contributed by atoms with Crippen molar-refractivity contribution in [3.8, 4) is 10.9 Å². The summed E-state index contributed by atoms with van der Waals surface area (Å²) in [6.45, 7) is 4.82. The molecule has 2 aromatic heterocycles. The van der Waals surface area contributed by atoms with Crippen LogP contribution in [-0.4, -0.2) is 39.9 Å². The predicted molar refractivity (Wildman–Crippen MR) is 111 cm³/mol. The molecule has 1 aromatic carbocycles. The monoisotopic (exact) mass is 396 g/mol. The summed E-state index contributed by atoms with van der Waals surface area (Å²) in [4.78, 5) is 23.6. The molecule has 1 N–H and O–H groups in total. The lowest BCUT2D eigenvalue weighted by atomic mass is 10.0. The Balaban J connectivity index is 1.29. The van der Waals surface area contributed by atoms with Gasteiger partial charge in [0.25, 0.3) is 5.19 Å². The number of hydrogen-bond donors (Lipinski definition) is 1. The highest BCUT2D eigenvalue weighted by molar-refractivity contribution is 7.19. The van der Waals surface area contributed by atoms with Crippen molar-refractivity contribution in [3.05, 3.63) is 48.2 Å². The molecule has 28 heavy (non-hydrogen) atoms. The van der Waals surface area contributed by atoms with E-state index in [0.717, 1.165) is 48.6 Å². The van der Waals surface area contributed by atoms with E-state index in [1.807, 2.05) is 31.2 Å². The predicted octanol–water partition coefficient (Wildman–Crippen LogP) is 3.97. The molecule has 1 amide bonds. The van der Waals surface area contributed by atoms with Gasteiger partial charge in [0.05, 0.1) is 0 Å². The van der Waals surface area contributed by atoms with Crippen LogP contribution in [0.25, 0.3) is 10.3 Å². The second-order valence-corrected chi connectivity index (χ2v) is 7.97. The zero-order valence-electron chi connectivity index (χ0n) is 15.9. The normalized spacial score (nSPS) is 15.6. The summed E-state index contributed by atoms with van der Waals surface area (Å²) in [6.07, 6.45) is 4.35. The van der Waals surface area contributed by atoms with Crippen LogP contribution in [0.3, 0.4) is 0 Å². The van der Waals surface area contributed by atoms with Crippen molar-refractivity contribution in [2.45, 2.75) is 38.8 Å². The summed E-state index contributed by atoms with van der Waals surface area (Å²) in [7, 11) is 0. The van der Waals surface area contributed by atoms with Crippen LogP contribution in [0.1, 0.15) is 31.7 Å². The molecule has 3 heterocycles. The number of hydrogen-bond acceptors (Lipinski definition) is 6. The fourth-order valence-electron chi connectivity index (χ4n) is 3.38. The third-order valence-electron chi connectivity index (χ3n) is 4.96. The number of aromatic nitrogens is 2. The molecule has 4 rings (SSSR count). The molecular formula is C21H24N4O2S. The molecule has 0 aliphatic carbocycles. The number of nitrogens with zero attached hydrogens (tertiary/aromatic N) is 3. The standard InChI is InChI=1S/C21H24N4O2S/c1-2-19(26)23-16-9-12-25(13-10-16)14-15-5-7-17(8-6-15)27-21-24-18-4-3-11-22-20(18)28-21/h3-8,11,16H,2,9-10,12-14H2,1H3,(H,23,26). The van der Waals surface area contributed by atoms with Crippen LogP contribution < -0.4 is 10.1 Å². The Bertz CT molecular complexity index is 900. The Hall–Kier alpha value is -2.51. The van der Waals surface area contributed by atoms with E-state index in [1.165, 1.54) is 16.9 Å². The minimum atomic E-state index is 0.151. The van der Waals surface area contributed by atoms with Gasteiger partial charge in [-0.1, -0.05) is 30.4 Å². The number of nitrogens with one attached hydrogen (secondary N) is 1. The number of likely N-dealkylation sites (tertiary alicyclic amines) is 1. The topological polar surface area (TPSA) is 67.4 Å². The molecule has 3 aromatic rings. The average molecular weight is 397 g/mol. The number of benzene rings is 1. The number of thiazole rings is 1. The fourth-order valence-corrected chi connectivity index (χ4v) is 4.16. The van der Waals surface area contributed by atoms with Gasteiger partial charge in [0, 0.05) is 38.3 Å². The summed E-state index contributed by atoms with van der Waals surface area (Å²) < 4.78 is 5.88. The number of piperidine rings is 1. The van der Waals surface area contributed by atoms with Crippen molar-refractivity contribution in [3.63, 3.8) is 0 Å². The highest BCUT2D eigenvalue weighted by atomic mass is 32.1. The maximum Gasteiger partial charge on any atom is 0.281 e. The molecule has 7 heteroatoms. The number of pyridine rings is 1. The Morgan fingerprint density at radius 3 is 2.75 bits per heavy atom. The van der Waals surface area contributed by atoms with E-state index in [2.05, 4.69) is 32.3 Å². The van der Waals surface area contributed by atoms with Gasteiger partial charge in [-0.3, -0.25) is 9.69 Å². The number of rotatable bonds is 6. The highest BCUT2D eigenvalue weighted by Gasteiger charge is 2.20. The van der Waals surface area contributed by atoms with Crippen molar-refractivity contribution in [2.75, 3.05) is 13.1 Å². The third-order valence-corrected chi connectivity index (χ3v) is 5.81. The van der Waals surface area contributed by atoms with Gasteiger partial charge >= 0.3 is 0 Å². The van der Waals surface area contributed by atoms with E-state index < -0.39 is 0 Å². The third kappa shape index (κ3) is 4.66. The van der Waals surface area contributed by atoms with Crippen molar-refractivity contribution in [2.24, 2.45) is 0 Å². The Morgan fingerprint density at radius 2 is 2.04 bits per heavy atom. The van der Waals surface area contributed by atoms with Gasteiger partial charge < -0.3 is 10.1 Å². The van der Waals surface area contributed by atoms with Crippen LogP contribution >= 0.6 is 11.3 Å². The largest absolute Gasteiger partial charge is 0.431 e. The van der Waals surface area contributed by atoms with Crippen molar-refractivity contribution < 1.29 is 9.53 Å². The lowest BCUT2D eigenvalue weighted by Crippen LogP contribution is -2.44. The summed E-state index contributed by atoms with van der Waals surface area (Å²) in [6, 6.07) is 12.3. The second-order valence-electron chi connectivity index (χ2n) is 7.02. The molecule has 0 atom stereocenters. The SMILES string of the molecule is CCC(=O)NC1CCN(Cc2ccc(Oc3nc4cccnc4s3)cc2)CC1. The molecule has 1 aliphatic heterocycles. The van der Waals surface area contributed by atoms with E-state index in [9.17, 15) is 4.79 Å². The highest BCUT2D eigenvalue weighted by Crippen LogP contribution is 2.30. The number of carbonyl (C=O) groups excluding carboxylic acids is 1. The number of carbonyl (C=O) groups is 1. The zero-order valence-corrected chi connectivity index (χ0v) is 16.7. The molecule has 1 fully saturated rings. The van der Waals surface area contributed by atoms with Crippen molar-refractivity contribution >= 4 is 27.6 Å². The number of ether oxygens (including phenoxy) is 1. The quantitative estimate of drug-likeness (QED) is 0.683. The lowest BCUT2D eigenvalue weighted by molar-refractivity contribution is -0.121. The Labute approximate surface area is 168 Å². The van der Waals surface area contributed by atoms with Crippen molar-refractivity contribution in [1.29, 1.82) is 0 Å². The smallest absolute Gasteiger partial charge is 0.281 e. The molecule has 0 unspecified atom stereocenters. The van der Waals surface area contributed by atoms with Gasteiger partial charge in [0.2, 0.25) is 5.91 Å². The van der Waals surface area contributed by atoms with Crippen LogP contribution in [0.4, 0.5) is 0 Å². The van der Waals surface area contributed by atoms with Gasteiger partial charge in [0.1, 0.15) is 16.1 Å². The molecule has 0 bridgehead atoms. The molecular weight excluding hydrogens is 372 g/mol. The zero-order chi connectivity index (χ0) is 19.3. The first-order valence-corrected chi connectivity index (χ1v) is 10.5. The second kappa shape index (κ2) is 8.67. The van der Waals surface area contributed by atoms with E-state index in [4.69, 9.17) is 4.74 Å². The van der Waals surface area contributed by atoms with E-state index in [1.54, 1.807) is 6.20 Å².